The summed E-state index contributed by atoms with van der Waals surface area (Å²) < 4.78 is 7.81. The Morgan fingerprint density at radius 1 is 1.18 bits per heavy atom. The number of aryl methyl sites for hydroxylation is 3. The van der Waals surface area contributed by atoms with Gasteiger partial charge in [-0.1, -0.05) is 30.3 Å². The fourth-order valence-corrected chi connectivity index (χ4v) is 3.92. The van der Waals surface area contributed by atoms with E-state index in [4.69, 9.17) is 4.74 Å². The minimum absolute atomic E-state index is 0.000181. The number of fused-ring (bicyclic) bond motifs is 1. The molecule has 5 nitrogen and oxygen atoms in total. The number of aliphatic carboxylic acids is 1. The van der Waals surface area contributed by atoms with Crippen LogP contribution in [0.25, 0.3) is 0 Å². The number of hydrogen-bond acceptors (Lipinski definition) is 3. The molecule has 1 heterocycles. The molecule has 2 aromatic carbocycles. The van der Waals surface area contributed by atoms with Crippen molar-refractivity contribution in [1.29, 1.82) is 0 Å². The molecule has 1 unspecified atom stereocenters. The molecule has 1 aromatic heterocycles. The summed E-state index contributed by atoms with van der Waals surface area (Å²) in [5.74, 6) is 0.389. The van der Waals surface area contributed by atoms with E-state index in [2.05, 4.69) is 23.2 Å². The standard InChI is InChI=1S/C23H24N2O3/c1-25-12-11-24-23(25)21(14-22(26)27)18-7-9-20(10-8-18)28-15-16-5-6-17-3-2-4-19(17)13-16/h5-13,21H,2-4,14-15H2,1H3,(H,26,27). The third kappa shape index (κ3) is 3.93. The highest BCUT2D eigenvalue weighted by atomic mass is 16.5. The molecule has 0 amide bonds. The molecule has 0 saturated heterocycles. The third-order valence-corrected chi connectivity index (χ3v) is 5.40. The van der Waals surface area contributed by atoms with Gasteiger partial charge in [-0.2, -0.15) is 0 Å². The van der Waals surface area contributed by atoms with E-state index in [0.29, 0.717) is 6.61 Å². The molecule has 1 atom stereocenters. The molecular formula is C23H24N2O3. The van der Waals surface area contributed by atoms with Crippen molar-refractivity contribution in [3.63, 3.8) is 0 Å². The molecule has 0 radical (unpaired) electrons. The average molecular weight is 376 g/mol. The van der Waals surface area contributed by atoms with Gasteiger partial charge in [0, 0.05) is 19.4 Å². The van der Waals surface area contributed by atoms with Gasteiger partial charge in [0.1, 0.15) is 18.2 Å². The molecule has 4 rings (SSSR count). The molecule has 0 spiro atoms. The maximum absolute atomic E-state index is 11.3. The summed E-state index contributed by atoms with van der Waals surface area (Å²) >= 11 is 0. The number of carbonyl (C=O) groups is 1. The smallest absolute Gasteiger partial charge is 0.304 e. The van der Waals surface area contributed by atoms with Crippen LogP contribution in [0, 0.1) is 0 Å². The molecule has 0 aliphatic heterocycles. The minimum atomic E-state index is -0.843. The Morgan fingerprint density at radius 2 is 1.96 bits per heavy atom. The Morgan fingerprint density at radius 3 is 2.68 bits per heavy atom. The number of nitrogens with zero attached hydrogens (tertiary/aromatic N) is 2. The quantitative estimate of drug-likeness (QED) is 0.674. The number of imidazole rings is 1. The monoisotopic (exact) mass is 376 g/mol. The van der Waals surface area contributed by atoms with Crippen molar-refractivity contribution in [2.24, 2.45) is 7.05 Å². The Hall–Kier alpha value is -3.08. The normalized spacial score (nSPS) is 13.9. The van der Waals surface area contributed by atoms with E-state index in [1.165, 1.54) is 29.5 Å². The zero-order chi connectivity index (χ0) is 19.5. The first kappa shape index (κ1) is 18.3. The third-order valence-electron chi connectivity index (χ3n) is 5.40. The molecule has 1 N–H and O–H groups in total. The van der Waals surface area contributed by atoms with Crippen LogP contribution in [-0.4, -0.2) is 20.6 Å². The van der Waals surface area contributed by atoms with Gasteiger partial charge in [0.25, 0.3) is 0 Å². The summed E-state index contributed by atoms with van der Waals surface area (Å²) in [7, 11) is 1.88. The van der Waals surface area contributed by atoms with Crippen LogP contribution >= 0.6 is 0 Å². The van der Waals surface area contributed by atoms with E-state index >= 15 is 0 Å². The SMILES string of the molecule is Cn1ccnc1C(CC(=O)O)c1ccc(OCc2ccc3c(c2)CCC3)cc1. The maximum atomic E-state index is 11.3. The molecule has 3 aromatic rings. The zero-order valence-electron chi connectivity index (χ0n) is 16.0. The summed E-state index contributed by atoms with van der Waals surface area (Å²) in [6.07, 6.45) is 7.12. The second-order valence-corrected chi connectivity index (χ2v) is 7.36. The van der Waals surface area contributed by atoms with Gasteiger partial charge in [0.15, 0.2) is 0 Å². The summed E-state index contributed by atoms with van der Waals surface area (Å²) in [6, 6.07) is 14.3. The van der Waals surface area contributed by atoms with Crippen molar-refractivity contribution in [1.82, 2.24) is 9.55 Å². The fraction of sp³-hybridized carbons (Fsp3) is 0.304. The second-order valence-electron chi connectivity index (χ2n) is 7.36. The first-order valence-corrected chi connectivity index (χ1v) is 9.62. The molecule has 5 heteroatoms. The van der Waals surface area contributed by atoms with Gasteiger partial charge in [-0.25, -0.2) is 4.98 Å². The molecule has 0 fully saturated rings. The van der Waals surface area contributed by atoms with Crippen molar-refractivity contribution in [3.05, 3.63) is 82.9 Å². The molecule has 28 heavy (non-hydrogen) atoms. The molecule has 1 aliphatic rings. The number of rotatable bonds is 7. The summed E-state index contributed by atoms with van der Waals surface area (Å²) in [5, 5.41) is 9.30. The van der Waals surface area contributed by atoms with Crippen molar-refractivity contribution in [2.75, 3.05) is 0 Å². The molecule has 0 saturated carbocycles. The molecule has 1 aliphatic carbocycles. The van der Waals surface area contributed by atoms with Gasteiger partial charge < -0.3 is 14.4 Å². The van der Waals surface area contributed by atoms with E-state index in [9.17, 15) is 9.90 Å². The lowest BCUT2D eigenvalue weighted by Crippen LogP contribution is -2.12. The van der Waals surface area contributed by atoms with E-state index in [1.807, 2.05) is 42.1 Å². The number of carboxylic acid groups (broad SMARTS) is 1. The van der Waals surface area contributed by atoms with E-state index < -0.39 is 5.97 Å². The van der Waals surface area contributed by atoms with Crippen LogP contribution in [0.2, 0.25) is 0 Å². The van der Waals surface area contributed by atoms with Crippen LogP contribution < -0.4 is 4.74 Å². The van der Waals surface area contributed by atoms with Gasteiger partial charge in [0.05, 0.1) is 12.3 Å². The number of ether oxygens (including phenoxy) is 1. The fourth-order valence-electron chi connectivity index (χ4n) is 3.92. The lowest BCUT2D eigenvalue weighted by Gasteiger charge is -2.16. The van der Waals surface area contributed by atoms with Crippen LogP contribution in [0.3, 0.4) is 0 Å². The Kier molecular flexibility index (Phi) is 5.15. The first-order chi connectivity index (χ1) is 13.6. The van der Waals surface area contributed by atoms with Crippen molar-refractivity contribution in [3.8, 4) is 5.75 Å². The topological polar surface area (TPSA) is 64.4 Å². The van der Waals surface area contributed by atoms with Gasteiger partial charge in [-0.3, -0.25) is 4.79 Å². The van der Waals surface area contributed by atoms with Gasteiger partial charge in [0.2, 0.25) is 0 Å². The zero-order valence-corrected chi connectivity index (χ0v) is 16.0. The van der Waals surface area contributed by atoms with E-state index in [0.717, 1.165) is 23.6 Å². The first-order valence-electron chi connectivity index (χ1n) is 9.62. The van der Waals surface area contributed by atoms with Crippen LogP contribution in [0.4, 0.5) is 0 Å². The van der Waals surface area contributed by atoms with Crippen molar-refractivity contribution < 1.29 is 14.6 Å². The summed E-state index contributed by atoms with van der Waals surface area (Å²) in [6.45, 7) is 0.532. The molecular weight excluding hydrogens is 352 g/mol. The van der Waals surface area contributed by atoms with Crippen molar-refractivity contribution >= 4 is 5.97 Å². The Bertz CT molecular complexity index is 976. The van der Waals surface area contributed by atoms with Crippen LogP contribution in [0.1, 0.15) is 46.8 Å². The highest BCUT2D eigenvalue weighted by molar-refractivity contribution is 5.68. The number of carboxylic acids is 1. The van der Waals surface area contributed by atoms with Crippen LogP contribution in [-0.2, 0) is 31.3 Å². The number of benzene rings is 2. The van der Waals surface area contributed by atoms with Crippen molar-refractivity contribution in [2.45, 2.75) is 38.2 Å². The predicted octanol–water partition coefficient (Wildman–Crippen LogP) is 4.09. The number of hydrogen-bond donors (Lipinski definition) is 1. The minimum Gasteiger partial charge on any atom is -0.489 e. The van der Waals surface area contributed by atoms with E-state index in [1.54, 1.807) is 6.20 Å². The Balaban J connectivity index is 1.46. The Labute approximate surface area is 164 Å². The lowest BCUT2D eigenvalue weighted by atomic mass is 9.94. The predicted molar refractivity (Wildman–Crippen MR) is 107 cm³/mol. The number of aromatic nitrogens is 2. The largest absolute Gasteiger partial charge is 0.489 e. The highest BCUT2D eigenvalue weighted by Crippen LogP contribution is 2.29. The van der Waals surface area contributed by atoms with Gasteiger partial charge in [-0.15, -0.1) is 0 Å². The highest BCUT2D eigenvalue weighted by Gasteiger charge is 2.21. The van der Waals surface area contributed by atoms with Gasteiger partial charge in [-0.05, 0) is 53.6 Å². The van der Waals surface area contributed by atoms with Gasteiger partial charge >= 0.3 is 5.97 Å². The maximum Gasteiger partial charge on any atom is 0.304 e. The van der Waals surface area contributed by atoms with Crippen LogP contribution in [0.15, 0.2) is 54.9 Å². The average Bonchev–Trinajstić information content (AvgIpc) is 3.33. The van der Waals surface area contributed by atoms with E-state index in [-0.39, 0.29) is 12.3 Å². The molecule has 0 bridgehead atoms. The summed E-state index contributed by atoms with van der Waals surface area (Å²) in [5.41, 5.74) is 5.01. The van der Waals surface area contributed by atoms with Crippen LogP contribution in [0.5, 0.6) is 5.75 Å². The lowest BCUT2D eigenvalue weighted by molar-refractivity contribution is -0.137. The summed E-state index contributed by atoms with van der Waals surface area (Å²) in [4.78, 5) is 15.7. The second kappa shape index (κ2) is 7.89. The molecule has 144 valence electrons.